The maximum Gasteiger partial charge on any atom is 0.343 e. The van der Waals surface area contributed by atoms with E-state index in [0.29, 0.717) is 23.7 Å². The van der Waals surface area contributed by atoms with Gasteiger partial charge in [0.15, 0.2) is 12.4 Å². The third kappa shape index (κ3) is 4.19. The molecule has 0 unspecified atom stereocenters. The Morgan fingerprint density at radius 1 is 1.15 bits per heavy atom. The minimum absolute atomic E-state index is 0.212. The van der Waals surface area contributed by atoms with Crippen molar-refractivity contribution in [2.24, 2.45) is 5.92 Å². The van der Waals surface area contributed by atoms with Crippen LogP contribution in [0.5, 0.6) is 0 Å². The van der Waals surface area contributed by atoms with Crippen LogP contribution in [0.15, 0.2) is 42.5 Å². The highest BCUT2D eigenvalue weighted by atomic mass is 35.5. The van der Waals surface area contributed by atoms with Crippen LogP contribution in [-0.2, 0) is 11.3 Å². The van der Waals surface area contributed by atoms with Crippen LogP contribution in [0.4, 0.5) is 0 Å². The largest absolute Gasteiger partial charge is 0.454 e. The van der Waals surface area contributed by atoms with Crippen molar-refractivity contribution in [2.45, 2.75) is 27.3 Å². The molecule has 1 heterocycles. The molecule has 1 aromatic heterocycles. The highest BCUT2D eigenvalue weighted by Gasteiger charge is 2.23. The molecule has 2 aromatic carbocycles. The number of carbonyl (C=O) groups excluding carboxylic acids is 2. The summed E-state index contributed by atoms with van der Waals surface area (Å²) >= 11 is 6.28. The number of hydrogen-bond donors (Lipinski definition) is 0. The smallest absolute Gasteiger partial charge is 0.343 e. The molecule has 0 saturated heterocycles. The Balaban J connectivity index is 1.71. The van der Waals surface area contributed by atoms with Crippen molar-refractivity contribution >= 4 is 34.1 Å². The number of ether oxygens (including phenoxy) is 1. The van der Waals surface area contributed by atoms with Gasteiger partial charge in [-0.15, -0.1) is 0 Å². The van der Waals surface area contributed by atoms with E-state index in [-0.39, 0.29) is 23.1 Å². The summed E-state index contributed by atoms with van der Waals surface area (Å²) in [5, 5.41) is 6.54. The Hall–Kier alpha value is -2.66. The summed E-state index contributed by atoms with van der Waals surface area (Å²) in [7, 11) is 0. The van der Waals surface area contributed by atoms with Crippen molar-refractivity contribution in [3.05, 3.63) is 64.4 Å². The number of aromatic nitrogens is 2. The molecular weight excluding hydrogens is 364 g/mol. The number of carbonyl (C=O) groups is 2. The summed E-state index contributed by atoms with van der Waals surface area (Å²) in [6.45, 7) is 6.02. The molecule has 6 heteroatoms. The Morgan fingerprint density at radius 2 is 1.85 bits per heavy atom. The minimum Gasteiger partial charge on any atom is -0.454 e. The lowest BCUT2D eigenvalue weighted by molar-refractivity contribution is 0.0474. The summed E-state index contributed by atoms with van der Waals surface area (Å²) in [6.07, 6.45) is 0. The SMILES string of the molecule is Cc1nn(CC(C)C)c(Cl)c1C(=O)OCC(=O)c1ccc2ccccc2c1. The number of nitrogens with zero attached hydrogens (tertiary/aromatic N) is 2. The number of fused-ring (bicyclic) bond motifs is 1. The van der Waals surface area contributed by atoms with Crippen LogP contribution in [0.1, 0.15) is 40.3 Å². The van der Waals surface area contributed by atoms with Crippen LogP contribution >= 0.6 is 11.6 Å². The molecule has 0 fully saturated rings. The van der Waals surface area contributed by atoms with E-state index >= 15 is 0 Å². The van der Waals surface area contributed by atoms with Gasteiger partial charge in [0, 0.05) is 12.1 Å². The molecule has 3 rings (SSSR count). The molecule has 0 aliphatic heterocycles. The lowest BCUT2D eigenvalue weighted by Crippen LogP contribution is -2.15. The van der Waals surface area contributed by atoms with Gasteiger partial charge >= 0.3 is 5.97 Å². The predicted molar refractivity (Wildman–Crippen MR) is 105 cm³/mol. The fraction of sp³-hybridized carbons (Fsp3) is 0.286. The Labute approximate surface area is 162 Å². The number of ketones is 1. The fourth-order valence-electron chi connectivity index (χ4n) is 2.90. The maximum atomic E-state index is 12.4. The summed E-state index contributed by atoms with van der Waals surface area (Å²) in [6, 6.07) is 13.2. The first-order chi connectivity index (χ1) is 12.9. The van der Waals surface area contributed by atoms with Gasteiger partial charge in [-0.3, -0.25) is 9.48 Å². The average Bonchev–Trinajstić information content (AvgIpc) is 2.91. The maximum absolute atomic E-state index is 12.4. The van der Waals surface area contributed by atoms with Crippen LogP contribution in [0.2, 0.25) is 5.15 Å². The van der Waals surface area contributed by atoms with E-state index in [1.165, 1.54) is 0 Å². The molecule has 0 amide bonds. The molecule has 0 N–H and O–H groups in total. The van der Waals surface area contributed by atoms with Gasteiger partial charge in [0.25, 0.3) is 0 Å². The van der Waals surface area contributed by atoms with Crippen LogP contribution in [0.3, 0.4) is 0 Å². The first-order valence-electron chi connectivity index (χ1n) is 8.79. The quantitative estimate of drug-likeness (QED) is 0.456. The molecule has 0 bridgehead atoms. The van der Waals surface area contributed by atoms with Crippen molar-refractivity contribution in [1.82, 2.24) is 9.78 Å². The van der Waals surface area contributed by atoms with E-state index in [0.717, 1.165) is 10.8 Å². The van der Waals surface area contributed by atoms with Crippen molar-refractivity contribution in [3.63, 3.8) is 0 Å². The fourth-order valence-corrected chi connectivity index (χ4v) is 3.22. The van der Waals surface area contributed by atoms with Crippen molar-refractivity contribution < 1.29 is 14.3 Å². The number of aryl methyl sites for hydroxylation is 1. The second kappa shape index (κ2) is 7.92. The number of halogens is 1. The van der Waals surface area contributed by atoms with Gasteiger partial charge in [0.2, 0.25) is 0 Å². The van der Waals surface area contributed by atoms with Crippen LogP contribution in [0, 0.1) is 12.8 Å². The van der Waals surface area contributed by atoms with E-state index in [1.54, 1.807) is 23.7 Å². The molecule has 5 nitrogen and oxygen atoms in total. The summed E-state index contributed by atoms with van der Waals surface area (Å²) in [5.41, 5.74) is 1.20. The lowest BCUT2D eigenvalue weighted by Gasteiger charge is -2.07. The topological polar surface area (TPSA) is 61.2 Å². The van der Waals surface area contributed by atoms with E-state index in [9.17, 15) is 9.59 Å². The Kier molecular flexibility index (Phi) is 5.61. The van der Waals surface area contributed by atoms with Crippen LogP contribution in [0.25, 0.3) is 10.8 Å². The molecule has 0 radical (unpaired) electrons. The Morgan fingerprint density at radius 3 is 2.56 bits per heavy atom. The van der Waals surface area contributed by atoms with E-state index in [4.69, 9.17) is 16.3 Å². The molecular formula is C21H21ClN2O3. The average molecular weight is 385 g/mol. The monoisotopic (exact) mass is 384 g/mol. The summed E-state index contributed by atoms with van der Waals surface area (Å²) < 4.78 is 6.80. The zero-order valence-electron chi connectivity index (χ0n) is 15.5. The van der Waals surface area contributed by atoms with Gasteiger partial charge in [-0.2, -0.15) is 5.10 Å². The first-order valence-corrected chi connectivity index (χ1v) is 9.16. The number of Topliss-reactive ketones (excluding diaryl/α,β-unsaturated/α-hetero) is 1. The summed E-state index contributed by atoms with van der Waals surface area (Å²) in [4.78, 5) is 24.8. The van der Waals surface area contributed by atoms with Gasteiger partial charge in [0.05, 0.1) is 5.69 Å². The molecule has 0 aliphatic carbocycles. The zero-order chi connectivity index (χ0) is 19.6. The predicted octanol–water partition coefficient (Wildman–Crippen LogP) is 4.69. The molecule has 0 atom stereocenters. The van der Waals surface area contributed by atoms with Gasteiger partial charge in [-0.05, 0) is 29.7 Å². The molecule has 27 heavy (non-hydrogen) atoms. The van der Waals surface area contributed by atoms with Crippen LogP contribution in [-0.4, -0.2) is 28.1 Å². The van der Waals surface area contributed by atoms with Gasteiger partial charge < -0.3 is 4.74 Å². The normalized spacial score (nSPS) is 11.1. The van der Waals surface area contributed by atoms with Gasteiger partial charge in [-0.25, -0.2) is 4.79 Å². The molecule has 140 valence electrons. The Bertz CT molecular complexity index is 1010. The van der Waals surface area contributed by atoms with Crippen molar-refractivity contribution in [2.75, 3.05) is 6.61 Å². The summed E-state index contributed by atoms with van der Waals surface area (Å²) in [5.74, 6) is -0.570. The molecule has 0 spiro atoms. The lowest BCUT2D eigenvalue weighted by atomic mass is 10.0. The third-order valence-electron chi connectivity index (χ3n) is 4.21. The first kappa shape index (κ1) is 19.1. The standard InChI is InChI=1S/C21H21ClN2O3/c1-13(2)11-24-20(22)19(14(3)23-24)21(26)27-12-18(25)17-9-8-15-6-4-5-7-16(15)10-17/h4-10,13H,11-12H2,1-3H3. The van der Waals surface area contributed by atoms with E-state index in [2.05, 4.69) is 5.10 Å². The number of rotatable bonds is 6. The molecule has 0 aliphatic rings. The molecule has 3 aromatic rings. The minimum atomic E-state index is -0.637. The number of benzene rings is 2. The second-order valence-corrected chi connectivity index (χ2v) is 7.25. The van der Waals surface area contributed by atoms with Crippen LogP contribution < -0.4 is 0 Å². The third-order valence-corrected chi connectivity index (χ3v) is 4.60. The highest BCUT2D eigenvalue weighted by Crippen LogP contribution is 2.22. The molecule has 0 saturated carbocycles. The van der Waals surface area contributed by atoms with E-state index in [1.807, 2.05) is 44.2 Å². The van der Waals surface area contributed by atoms with Crippen molar-refractivity contribution in [3.8, 4) is 0 Å². The number of hydrogen-bond acceptors (Lipinski definition) is 4. The van der Waals surface area contributed by atoms with E-state index < -0.39 is 5.97 Å². The number of esters is 1. The zero-order valence-corrected chi connectivity index (χ0v) is 16.3. The van der Waals surface area contributed by atoms with Gasteiger partial charge in [-0.1, -0.05) is 61.8 Å². The second-order valence-electron chi connectivity index (χ2n) is 6.89. The highest BCUT2D eigenvalue weighted by molar-refractivity contribution is 6.32. The van der Waals surface area contributed by atoms with Crippen molar-refractivity contribution in [1.29, 1.82) is 0 Å². The van der Waals surface area contributed by atoms with Gasteiger partial charge in [0.1, 0.15) is 10.7 Å².